The van der Waals surface area contributed by atoms with Crippen LogP contribution in [0.3, 0.4) is 0 Å². The van der Waals surface area contributed by atoms with Gasteiger partial charge in [0.25, 0.3) is 5.22 Å². The van der Waals surface area contributed by atoms with E-state index in [-0.39, 0.29) is 11.8 Å². The van der Waals surface area contributed by atoms with Crippen LogP contribution in [0.15, 0.2) is 38.4 Å². The van der Waals surface area contributed by atoms with E-state index in [1.54, 1.807) is 0 Å². The molecule has 0 atom stereocenters. The Morgan fingerprint density at radius 2 is 2.05 bits per heavy atom. The zero-order valence-electron chi connectivity index (χ0n) is 11.8. The highest BCUT2D eigenvalue weighted by molar-refractivity contribution is 9.10. The summed E-state index contributed by atoms with van der Waals surface area (Å²) >= 11 is 4.74. The Morgan fingerprint density at radius 1 is 1.33 bits per heavy atom. The fourth-order valence-electron chi connectivity index (χ4n) is 1.50. The van der Waals surface area contributed by atoms with Gasteiger partial charge in [-0.2, -0.15) is 0 Å². The normalized spacial score (nSPS) is 10.9. The molecule has 0 fully saturated rings. The molecule has 0 spiro atoms. The van der Waals surface area contributed by atoms with E-state index in [1.807, 2.05) is 38.1 Å². The van der Waals surface area contributed by atoms with E-state index in [1.165, 1.54) is 11.8 Å². The second-order valence-corrected chi connectivity index (χ2v) is 6.68. The van der Waals surface area contributed by atoms with Crippen molar-refractivity contribution in [2.75, 3.05) is 11.1 Å². The molecule has 1 aromatic heterocycles. The maximum Gasteiger partial charge on any atom is 0.276 e. The molecule has 0 aliphatic heterocycles. The van der Waals surface area contributed by atoms with Crippen LogP contribution in [0.5, 0.6) is 0 Å². The van der Waals surface area contributed by atoms with Gasteiger partial charge in [-0.3, -0.25) is 4.79 Å². The number of hydrogen-bond acceptors (Lipinski definition) is 5. The first kappa shape index (κ1) is 16.0. The molecule has 0 saturated heterocycles. The zero-order valence-corrected chi connectivity index (χ0v) is 14.2. The van der Waals surface area contributed by atoms with Crippen molar-refractivity contribution in [3.05, 3.63) is 34.6 Å². The van der Waals surface area contributed by atoms with Gasteiger partial charge in [-0.25, -0.2) is 0 Å². The summed E-state index contributed by atoms with van der Waals surface area (Å²) in [6.07, 6.45) is 0.389. The topological polar surface area (TPSA) is 68.0 Å². The Balaban J connectivity index is 1.74. The number of anilines is 1. The summed E-state index contributed by atoms with van der Waals surface area (Å²) in [6.45, 7) is 3.99. The summed E-state index contributed by atoms with van der Waals surface area (Å²) in [7, 11) is 0. The van der Waals surface area contributed by atoms with Crippen LogP contribution >= 0.6 is 27.7 Å². The van der Waals surface area contributed by atoms with E-state index in [0.717, 1.165) is 10.2 Å². The molecule has 7 heteroatoms. The van der Waals surface area contributed by atoms with Crippen molar-refractivity contribution >= 4 is 39.3 Å². The molecule has 112 valence electrons. The second kappa shape index (κ2) is 7.61. The minimum Gasteiger partial charge on any atom is -0.416 e. The minimum absolute atomic E-state index is 0.0339. The summed E-state index contributed by atoms with van der Waals surface area (Å²) in [6, 6.07) is 7.47. The predicted octanol–water partition coefficient (Wildman–Crippen LogP) is 4.08. The Hall–Kier alpha value is -1.34. The first-order valence-electron chi connectivity index (χ1n) is 6.56. The lowest BCUT2D eigenvalue weighted by Crippen LogP contribution is -2.11. The largest absolute Gasteiger partial charge is 0.416 e. The maximum atomic E-state index is 11.8. The Kier molecular flexibility index (Phi) is 5.81. The summed E-state index contributed by atoms with van der Waals surface area (Å²) < 4.78 is 6.44. The quantitative estimate of drug-likeness (QED) is 0.777. The van der Waals surface area contributed by atoms with Crippen molar-refractivity contribution in [3.63, 3.8) is 0 Å². The van der Waals surface area contributed by atoms with Crippen LogP contribution in [0.25, 0.3) is 0 Å². The second-order valence-electron chi connectivity index (χ2n) is 4.71. The van der Waals surface area contributed by atoms with Crippen LogP contribution in [-0.4, -0.2) is 21.9 Å². The van der Waals surface area contributed by atoms with Gasteiger partial charge in [0.1, 0.15) is 0 Å². The smallest absolute Gasteiger partial charge is 0.276 e. The standard InChI is InChI=1S/C14H16BrN3O2S/c1-9(2)13-17-18-14(20-13)21-8-7-12(19)16-11-5-3-10(15)4-6-11/h3-6,9H,7-8H2,1-2H3,(H,16,19). The fraction of sp³-hybridized carbons (Fsp3) is 0.357. The van der Waals surface area contributed by atoms with Crippen molar-refractivity contribution in [1.29, 1.82) is 0 Å². The lowest BCUT2D eigenvalue weighted by Gasteiger charge is -2.04. The van der Waals surface area contributed by atoms with Crippen LogP contribution in [0.1, 0.15) is 32.1 Å². The molecule has 1 heterocycles. The third-order valence-electron chi connectivity index (χ3n) is 2.60. The third-order valence-corrected chi connectivity index (χ3v) is 3.95. The molecule has 2 rings (SSSR count). The molecule has 2 aromatic rings. The number of carbonyl (C=O) groups is 1. The fourth-order valence-corrected chi connectivity index (χ4v) is 2.47. The maximum absolute atomic E-state index is 11.8. The number of nitrogens with one attached hydrogen (secondary N) is 1. The van der Waals surface area contributed by atoms with Crippen molar-refractivity contribution in [2.45, 2.75) is 31.4 Å². The van der Waals surface area contributed by atoms with E-state index in [0.29, 0.717) is 23.3 Å². The number of amides is 1. The Labute approximate surface area is 136 Å². The van der Waals surface area contributed by atoms with Crippen molar-refractivity contribution < 1.29 is 9.21 Å². The Morgan fingerprint density at radius 3 is 2.67 bits per heavy atom. The van der Waals surface area contributed by atoms with Gasteiger partial charge >= 0.3 is 0 Å². The lowest BCUT2D eigenvalue weighted by molar-refractivity contribution is -0.115. The number of hydrogen-bond donors (Lipinski definition) is 1. The number of carbonyl (C=O) groups excluding carboxylic acids is 1. The van der Waals surface area contributed by atoms with Gasteiger partial charge in [0.05, 0.1) is 0 Å². The van der Waals surface area contributed by atoms with Crippen LogP contribution in [0, 0.1) is 0 Å². The van der Waals surface area contributed by atoms with Gasteiger partial charge in [-0.15, -0.1) is 10.2 Å². The van der Waals surface area contributed by atoms with Crippen molar-refractivity contribution in [2.24, 2.45) is 0 Å². The third kappa shape index (κ3) is 5.17. The molecule has 0 unspecified atom stereocenters. The van der Waals surface area contributed by atoms with Crippen molar-refractivity contribution in [1.82, 2.24) is 10.2 Å². The SMILES string of the molecule is CC(C)c1nnc(SCCC(=O)Nc2ccc(Br)cc2)o1. The summed E-state index contributed by atoms with van der Waals surface area (Å²) in [5, 5.41) is 11.2. The zero-order chi connectivity index (χ0) is 15.2. The van der Waals surface area contributed by atoms with Crippen LogP contribution in [0.4, 0.5) is 5.69 Å². The molecule has 21 heavy (non-hydrogen) atoms. The van der Waals surface area contributed by atoms with Gasteiger partial charge in [0.2, 0.25) is 11.8 Å². The van der Waals surface area contributed by atoms with Crippen molar-refractivity contribution in [3.8, 4) is 0 Å². The number of benzene rings is 1. The highest BCUT2D eigenvalue weighted by Crippen LogP contribution is 2.21. The van der Waals surface area contributed by atoms with E-state index in [4.69, 9.17) is 4.42 Å². The number of rotatable bonds is 6. The molecule has 0 aliphatic carbocycles. The molecule has 0 saturated carbocycles. The van der Waals surface area contributed by atoms with E-state index in [2.05, 4.69) is 31.4 Å². The number of halogens is 1. The molecule has 0 aliphatic rings. The molecular formula is C14H16BrN3O2S. The first-order chi connectivity index (χ1) is 10.0. The average Bonchev–Trinajstić information content (AvgIpc) is 2.90. The number of thioether (sulfide) groups is 1. The van der Waals surface area contributed by atoms with E-state index >= 15 is 0 Å². The van der Waals surface area contributed by atoms with Crippen LogP contribution in [-0.2, 0) is 4.79 Å². The summed E-state index contributed by atoms with van der Waals surface area (Å²) in [5.74, 6) is 1.40. The van der Waals surface area contributed by atoms with E-state index < -0.39 is 0 Å². The summed E-state index contributed by atoms with van der Waals surface area (Å²) in [5.41, 5.74) is 0.785. The first-order valence-corrected chi connectivity index (χ1v) is 8.34. The van der Waals surface area contributed by atoms with Gasteiger partial charge in [0.15, 0.2) is 0 Å². The van der Waals surface area contributed by atoms with Gasteiger partial charge in [-0.05, 0) is 24.3 Å². The van der Waals surface area contributed by atoms with Crippen LogP contribution in [0.2, 0.25) is 0 Å². The molecule has 0 bridgehead atoms. The van der Waals surface area contributed by atoms with Gasteiger partial charge in [-0.1, -0.05) is 41.5 Å². The lowest BCUT2D eigenvalue weighted by atomic mass is 10.2. The molecule has 1 aromatic carbocycles. The predicted molar refractivity (Wildman–Crippen MR) is 86.5 cm³/mol. The van der Waals surface area contributed by atoms with E-state index in [9.17, 15) is 4.79 Å². The number of nitrogens with zero attached hydrogens (tertiary/aromatic N) is 2. The molecule has 5 nitrogen and oxygen atoms in total. The molecule has 0 radical (unpaired) electrons. The highest BCUT2D eigenvalue weighted by Gasteiger charge is 2.10. The highest BCUT2D eigenvalue weighted by atomic mass is 79.9. The minimum atomic E-state index is -0.0339. The monoisotopic (exact) mass is 369 g/mol. The summed E-state index contributed by atoms with van der Waals surface area (Å²) in [4.78, 5) is 11.8. The van der Waals surface area contributed by atoms with Gasteiger partial charge in [0, 0.05) is 28.3 Å². The molecule has 1 amide bonds. The molecular weight excluding hydrogens is 354 g/mol. The Bertz CT molecular complexity index is 599. The molecule has 1 N–H and O–H groups in total. The van der Waals surface area contributed by atoms with Gasteiger partial charge < -0.3 is 9.73 Å². The number of aromatic nitrogens is 2. The average molecular weight is 370 g/mol. The van der Waals surface area contributed by atoms with Crippen LogP contribution < -0.4 is 5.32 Å².